The quantitative estimate of drug-likeness (QED) is 0.661. The van der Waals surface area contributed by atoms with Crippen LogP contribution in [0.4, 0.5) is 3.89 Å². The summed E-state index contributed by atoms with van der Waals surface area (Å²) >= 11 is 0. The summed E-state index contributed by atoms with van der Waals surface area (Å²) in [6.45, 7) is 0.846. The summed E-state index contributed by atoms with van der Waals surface area (Å²) in [7, 11) is -4.78. The molecule has 0 aromatic heterocycles. The van der Waals surface area contributed by atoms with Crippen LogP contribution >= 0.6 is 0 Å². The van der Waals surface area contributed by atoms with Crippen molar-refractivity contribution < 1.29 is 27.0 Å². The van der Waals surface area contributed by atoms with Crippen molar-refractivity contribution in [1.29, 1.82) is 0 Å². The first-order valence-electron chi connectivity index (χ1n) is 4.19. The molecule has 15 heavy (non-hydrogen) atoms. The summed E-state index contributed by atoms with van der Waals surface area (Å²) in [5.41, 5.74) is 0. The highest BCUT2D eigenvalue weighted by Crippen LogP contribution is 2.21. The van der Waals surface area contributed by atoms with E-state index in [1.807, 2.05) is 0 Å². The molecule has 1 aliphatic heterocycles. The van der Waals surface area contributed by atoms with Gasteiger partial charge in [-0.1, -0.05) is 0 Å². The van der Waals surface area contributed by atoms with Gasteiger partial charge in [0.1, 0.15) is 11.3 Å². The molecule has 1 fully saturated rings. The molecule has 0 aliphatic carbocycles. The maximum Gasteiger partial charge on any atom is 0.326 e. The molecule has 1 saturated heterocycles. The Morgan fingerprint density at radius 3 is 2.53 bits per heavy atom. The highest BCUT2D eigenvalue weighted by Gasteiger charge is 2.41. The molecule has 0 bridgehead atoms. The summed E-state index contributed by atoms with van der Waals surface area (Å²) in [6.07, 6.45) is -0.490. The van der Waals surface area contributed by atoms with Gasteiger partial charge in [0.15, 0.2) is 0 Å². The maximum atomic E-state index is 12.6. The van der Waals surface area contributed by atoms with Crippen molar-refractivity contribution in [2.24, 2.45) is 0 Å². The topological polar surface area (TPSA) is 91.8 Å². The minimum atomic E-state index is -4.78. The number of carboxylic acids is 1. The van der Waals surface area contributed by atoms with Crippen LogP contribution in [-0.2, 0) is 19.8 Å². The molecule has 1 aliphatic rings. The lowest BCUT2D eigenvalue weighted by molar-refractivity contribution is -0.147. The molecule has 1 amide bonds. The Bertz CT molecular complexity index is 392. The lowest BCUT2D eigenvalue weighted by atomic mass is 10.3. The monoisotopic (exact) mass is 239 g/mol. The summed E-state index contributed by atoms with van der Waals surface area (Å²) in [6, 6.07) is -1.13. The zero-order valence-corrected chi connectivity index (χ0v) is 8.70. The largest absolute Gasteiger partial charge is 0.480 e. The van der Waals surface area contributed by atoms with Gasteiger partial charge in [-0.25, -0.2) is 4.79 Å². The van der Waals surface area contributed by atoms with Gasteiger partial charge in [-0.3, -0.25) is 4.79 Å². The molecule has 0 aromatic carbocycles. The van der Waals surface area contributed by atoms with Crippen molar-refractivity contribution in [3.8, 4) is 0 Å². The van der Waals surface area contributed by atoms with E-state index in [0.29, 0.717) is 0 Å². The van der Waals surface area contributed by atoms with Gasteiger partial charge < -0.3 is 10.0 Å². The molecule has 0 spiro atoms. The van der Waals surface area contributed by atoms with Crippen LogP contribution in [0.1, 0.15) is 13.3 Å². The molecule has 1 rings (SSSR count). The Kier molecular flexibility index (Phi) is 2.98. The van der Waals surface area contributed by atoms with Crippen LogP contribution in [0.25, 0.3) is 0 Å². The number of rotatable bonds is 3. The number of hydrogen-bond acceptors (Lipinski definition) is 4. The fourth-order valence-corrected chi connectivity index (χ4v) is 2.07. The Hall–Kier alpha value is -1.18. The van der Waals surface area contributed by atoms with Gasteiger partial charge in [0.25, 0.3) is 0 Å². The molecule has 1 heterocycles. The van der Waals surface area contributed by atoms with Gasteiger partial charge in [-0.05, 0) is 6.92 Å². The average Bonchev–Trinajstić information content (AvgIpc) is 2.45. The average molecular weight is 239 g/mol. The van der Waals surface area contributed by atoms with E-state index in [1.165, 1.54) is 6.92 Å². The molecule has 6 nitrogen and oxygen atoms in total. The third-order valence-electron chi connectivity index (χ3n) is 2.35. The van der Waals surface area contributed by atoms with Crippen LogP contribution in [0.3, 0.4) is 0 Å². The maximum absolute atomic E-state index is 12.6. The van der Waals surface area contributed by atoms with Crippen molar-refractivity contribution >= 4 is 22.1 Å². The van der Waals surface area contributed by atoms with Crippen molar-refractivity contribution in [2.75, 3.05) is 6.54 Å². The predicted octanol–water partition coefficient (Wildman–Crippen LogP) is -0.640. The third-order valence-corrected chi connectivity index (χ3v) is 3.46. The zero-order valence-electron chi connectivity index (χ0n) is 7.88. The number of carboxylic acid groups (broad SMARTS) is 1. The Morgan fingerprint density at radius 2 is 2.20 bits per heavy atom. The van der Waals surface area contributed by atoms with E-state index in [4.69, 9.17) is 5.11 Å². The summed E-state index contributed by atoms with van der Waals surface area (Å²) in [5, 5.41) is 7.17. The minimum absolute atomic E-state index is 0.398. The number of aliphatic carboxylic acids is 1. The second-order valence-electron chi connectivity index (χ2n) is 3.36. The van der Waals surface area contributed by atoms with E-state index >= 15 is 0 Å². The van der Waals surface area contributed by atoms with E-state index in [9.17, 15) is 21.9 Å². The normalized spacial score (nSPS) is 24.3. The molecule has 1 N–H and O–H groups in total. The molecule has 2 atom stereocenters. The van der Waals surface area contributed by atoms with E-state index in [2.05, 4.69) is 0 Å². The standard InChI is InChI=1S/C7H10FNO5S/c1-4(7(11)12)9-3-5(2-6(9)10)15(8,13)14/h4-5H,2-3H2,1H3,(H,11,12). The van der Waals surface area contributed by atoms with Gasteiger partial charge in [-0.15, -0.1) is 3.89 Å². The van der Waals surface area contributed by atoms with Crippen LogP contribution in [0.15, 0.2) is 0 Å². The first kappa shape index (κ1) is 11.9. The van der Waals surface area contributed by atoms with E-state index in [1.54, 1.807) is 0 Å². The zero-order chi connectivity index (χ0) is 11.8. The molecule has 0 radical (unpaired) electrons. The number of carbonyl (C=O) groups is 2. The van der Waals surface area contributed by atoms with E-state index in [-0.39, 0.29) is 0 Å². The van der Waals surface area contributed by atoms with Crippen molar-refractivity contribution in [2.45, 2.75) is 24.6 Å². The molecule has 86 valence electrons. The van der Waals surface area contributed by atoms with E-state index < -0.39 is 46.4 Å². The SMILES string of the molecule is CC(C(=O)O)N1CC(S(=O)(=O)F)CC1=O. The van der Waals surface area contributed by atoms with Gasteiger partial charge >= 0.3 is 16.2 Å². The van der Waals surface area contributed by atoms with Gasteiger partial charge in [0, 0.05) is 13.0 Å². The number of likely N-dealkylation sites (tertiary alicyclic amines) is 1. The predicted molar refractivity (Wildman–Crippen MR) is 47.2 cm³/mol. The smallest absolute Gasteiger partial charge is 0.326 e. The number of hydrogen-bond donors (Lipinski definition) is 1. The summed E-state index contributed by atoms with van der Waals surface area (Å²) in [4.78, 5) is 22.6. The van der Waals surface area contributed by atoms with Crippen LogP contribution in [0.5, 0.6) is 0 Å². The fourth-order valence-electron chi connectivity index (χ4n) is 1.39. The minimum Gasteiger partial charge on any atom is -0.480 e. The molecule has 0 saturated carbocycles. The van der Waals surface area contributed by atoms with Crippen LogP contribution in [-0.4, -0.2) is 48.1 Å². The van der Waals surface area contributed by atoms with Gasteiger partial charge in [0.2, 0.25) is 5.91 Å². The highest BCUT2D eigenvalue weighted by molar-refractivity contribution is 7.87. The van der Waals surface area contributed by atoms with Crippen molar-refractivity contribution in [3.05, 3.63) is 0 Å². The Balaban J connectivity index is 2.82. The van der Waals surface area contributed by atoms with Crippen LogP contribution < -0.4 is 0 Å². The van der Waals surface area contributed by atoms with Crippen LogP contribution in [0.2, 0.25) is 0 Å². The molecule has 2 unspecified atom stereocenters. The fraction of sp³-hybridized carbons (Fsp3) is 0.714. The van der Waals surface area contributed by atoms with Crippen LogP contribution in [0, 0.1) is 0 Å². The van der Waals surface area contributed by atoms with Gasteiger partial charge in [0.05, 0.1) is 0 Å². The summed E-state index contributed by atoms with van der Waals surface area (Å²) in [5.74, 6) is -1.91. The molecular weight excluding hydrogens is 229 g/mol. The number of nitrogens with zero attached hydrogens (tertiary/aromatic N) is 1. The second-order valence-corrected chi connectivity index (χ2v) is 4.98. The van der Waals surface area contributed by atoms with Crippen molar-refractivity contribution in [1.82, 2.24) is 4.90 Å². The molecular formula is C7H10FNO5S. The lowest BCUT2D eigenvalue weighted by Crippen LogP contribution is -2.40. The summed E-state index contributed by atoms with van der Waals surface area (Å²) < 4.78 is 33.6. The molecule has 8 heteroatoms. The van der Waals surface area contributed by atoms with Crippen molar-refractivity contribution in [3.63, 3.8) is 0 Å². The first-order chi connectivity index (χ1) is 6.73. The first-order valence-corrected chi connectivity index (χ1v) is 5.64. The van der Waals surface area contributed by atoms with Gasteiger partial charge in [-0.2, -0.15) is 8.42 Å². The second kappa shape index (κ2) is 3.76. The Labute approximate surface area is 85.9 Å². The molecule has 0 aromatic rings. The number of amides is 1. The Morgan fingerprint density at radius 1 is 1.67 bits per heavy atom. The van der Waals surface area contributed by atoms with E-state index in [0.717, 1.165) is 4.90 Å². The number of halogens is 1. The highest BCUT2D eigenvalue weighted by atomic mass is 32.3. The lowest BCUT2D eigenvalue weighted by Gasteiger charge is -2.20. The third kappa shape index (κ3) is 2.44. The number of carbonyl (C=O) groups excluding carboxylic acids is 1.